The highest BCUT2D eigenvalue weighted by molar-refractivity contribution is 6.07. The van der Waals surface area contributed by atoms with E-state index in [1.54, 1.807) is 24.3 Å². The number of carboxylic acids is 3. The molecule has 0 bridgehead atoms. The number of benzene rings is 3. The molecule has 27 nitrogen and oxygen atoms in total. The molecule has 12 N–H and O–H groups in total. The lowest BCUT2D eigenvalue weighted by atomic mass is 9.83. The second-order valence-corrected chi connectivity index (χ2v) is 26.2. The minimum Gasteiger partial charge on any atom is -0.478 e. The molecule has 0 radical (unpaired) electrons. The minimum atomic E-state index is -1.20. The van der Waals surface area contributed by atoms with E-state index in [1.807, 2.05) is 20.8 Å². The molecule has 0 atom stereocenters. The van der Waals surface area contributed by atoms with E-state index in [4.69, 9.17) is 17.2 Å². The van der Waals surface area contributed by atoms with Gasteiger partial charge in [0.05, 0.1) is 41.2 Å². The maximum absolute atomic E-state index is 13.9. The van der Waals surface area contributed by atoms with Crippen LogP contribution in [0.5, 0.6) is 0 Å². The first kappa shape index (κ1) is 73.2. The van der Waals surface area contributed by atoms with E-state index < -0.39 is 58.0 Å². The molecular weight excluding hydrogens is 1300 g/mol. The standard InChI is InChI=1S/2C24H28FN5O4.C24H29N5O4/c25-19-7-3-2-6-17(19)21(31)28-16-14-18(22(32)33)20(27-15-16)29-12-8-24(9-13-29,23(26)34)30-10-4-1-5-11-30;25-17-6-4-16(5-7-17)21(31)28-18-14-19(22(32)33)20(27-15-18)29-12-8-24(9-13-29,23(26)34)30-10-2-1-3-11-30;25-23(33)24(29-11-5-2-6-12-29)9-13-28(14-10-24)20-19(22(31)32)15-18(16-26-20)27-21(30)17-7-3-1-4-8-17/h2-3,6-7,14-15H,1,4-5,8-13H2,(H2,26,34)(H,28,31)(H,32,33);4-7,14-15H,1-3,8-13H2,(H2,26,34)(H,28,31)(H,32,33);1,3-4,7-8,15-16H,2,5-6,9-14H2,(H2,25,33)(H,27,30)(H,31,32). The van der Waals surface area contributed by atoms with Crippen molar-refractivity contribution in [2.24, 2.45) is 17.2 Å². The van der Waals surface area contributed by atoms with Crippen molar-refractivity contribution in [1.82, 2.24) is 29.7 Å². The van der Waals surface area contributed by atoms with Crippen LogP contribution in [0.2, 0.25) is 0 Å². The average molecular weight is 1390 g/mol. The van der Waals surface area contributed by atoms with E-state index in [1.165, 1.54) is 85.3 Å². The van der Waals surface area contributed by atoms with Crippen LogP contribution in [0.25, 0.3) is 0 Å². The number of rotatable bonds is 18. The highest BCUT2D eigenvalue weighted by Gasteiger charge is 2.49. The summed E-state index contributed by atoms with van der Waals surface area (Å²) >= 11 is 0. The van der Waals surface area contributed by atoms with Crippen molar-refractivity contribution < 1.29 is 67.3 Å². The fourth-order valence-electron chi connectivity index (χ4n) is 14.6. The van der Waals surface area contributed by atoms with Gasteiger partial charge in [-0.2, -0.15) is 0 Å². The molecule has 6 amide bonds. The number of piperidine rings is 6. The molecule has 0 saturated carbocycles. The molecule has 12 rings (SSSR count). The first-order valence-electron chi connectivity index (χ1n) is 34.1. The number of pyridine rings is 3. The molecule has 6 saturated heterocycles. The molecular formula is C72H85F2N15O12. The number of carboxylic acid groups (broad SMARTS) is 3. The van der Waals surface area contributed by atoms with Gasteiger partial charge in [-0.15, -0.1) is 0 Å². The number of primary amides is 3. The predicted octanol–water partition coefficient (Wildman–Crippen LogP) is 7.31. The van der Waals surface area contributed by atoms with E-state index in [0.717, 1.165) is 97.1 Å². The summed E-state index contributed by atoms with van der Waals surface area (Å²) in [4.78, 5) is 136. The smallest absolute Gasteiger partial charge is 0.339 e. The van der Waals surface area contributed by atoms with Crippen LogP contribution in [0.1, 0.15) is 158 Å². The third-order valence-electron chi connectivity index (χ3n) is 20.3. The summed E-state index contributed by atoms with van der Waals surface area (Å²) < 4.78 is 27.0. The second kappa shape index (κ2) is 32.6. The molecule has 0 unspecified atom stereocenters. The van der Waals surface area contributed by atoms with Crippen LogP contribution in [0, 0.1) is 11.6 Å². The SMILES string of the molecule is NC(=O)C1(N2CCCCC2)CCN(c2ncc(NC(=O)c3ccc(F)cc3)cc2C(=O)O)CC1.NC(=O)C1(N2CCCCC2)CCN(c2ncc(NC(=O)c3ccccc3)cc2C(=O)O)CC1.NC(=O)C1(N2CCCCC2)CCN(c2ncc(NC(=O)c3ccccc3F)cc2C(=O)O)CC1. The minimum absolute atomic E-state index is 0.00501. The first-order chi connectivity index (χ1) is 48.5. The van der Waals surface area contributed by atoms with Crippen molar-refractivity contribution in [1.29, 1.82) is 0 Å². The third-order valence-corrected chi connectivity index (χ3v) is 20.3. The molecule has 6 fully saturated rings. The lowest BCUT2D eigenvalue weighted by Gasteiger charge is -2.48. The first-order valence-corrected chi connectivity index (χ1v) is 34.1. The molecule has 29 heteroatoms. The van der Waals surface area contributed by atoms with Crippen LogP contribution < -0.4 is 47.9 Å². The van der Waals surface area contributed by atoms with Crippen LogP contribution >= 0.6 is 0 Å². The summed E-state index contributed by atoms with van der Waals surface area (Å²) in [6, 6.07) is 23.3. The molecule has 6 aliphatic heterocycles. The monoisotopic (exact) mass is 1390 g/mol. The van der Waals surface area contributed by atoms with Gasteiger partial charge in [-0.25, -0.2) is 38.1 Å². The quantitative estimate of drug-likeness (QED) is 0.0407. The fourth-order valence-corrected chi connectivity index (χ4v) is 14.6. The van der Waals surface area contributed by atoms with E-state index in [0.29, 0.717) is 94.9 Å². The Balaban J connectivity index is 0.000000163. The Morgan fingerprint density at radius 1 is 0.366 bits per heavy atom. The number of likely N-dealkylation sites (tertiary alicyclic amines) is 3. The highest BCUT2D eigenvalue weighted by atomic mass is 19.1. The van der Waals surface area contributed by atoms with Crippen LogP contribution in [0.15, 0.2) is 116 Å². The number of aromatic nitrogens is 3. The largest absolute Gasteiger partial charge is 0.478 e. The van der Waals surface area contributed by atoms with E-state index in [-0.39, 0.29) is 74.5 Å². The van der Waals surface area contributed by atoms with Crippen LogP contribution in [0.4, 0.5) is 43.3 Å². The highest BCUT2D eigenvalue weighted by Crippen LogP contribution is 2.38. The average Bonchev–Trinajstić information content (AvgIpc) is 0.782. The maximum Gasteiger partial charge on any atom is 0.339 e. The van der Waals surface area contributed by atoms with Crippen LogP contribution in [-0.2, 0) is 14.4 Å². The topological polar surface area (TPSA) is 387 Å². The van der Waals surface area contributed by atoms with Gasteiger partial charge in [-0.3, -0.25) is 43.5 Å². The summed E-state index contributed by atoms with van der Waals surface area (Å²) in [5.74, 6) is -6.31. The number of nitrogens with zero attached hydrogens (tertiary/aromatic N) is 9. The van der Waals surface area contributed by atoms with Crippen molar-refractivity contribution in [2.75, 3.05) is 109 Å². The zero-order chi connectivity index (χ0) is 72.0. The molecule has 0 aliphatic carbocycles. The molecule has 3 aromatic carbocycles. The molecule has 101 heavy (non-hydrogen) atoms. The summed E-state index contributed by atoms with van der Waals surface area (Å²) in [6.45, 7) is 7.73. The van der Waals surface area contributed by atoms with E-state index in [2.05, 4.69) is 45.6 Å². The van der Waals surface area contributed by atoms with Gasteiger partial charge >= 0.3 is 17.9 Å². The lowest BCUT2D eigenvalue weighted by molar-refractivity contribution is -0.133. The molecule has 9 heterocycles. The third kappa shape index (κ3) is 16.9. The van der Waals surface area contributed by atoms with E-state index >= 15 is 0 Å². The second-order valence-electron chi connectivity index (χ2n) is 26.2. The van der Waals surface area contributed by atoms with Gasteiger partial charge in [-0.05, 0) is 183 Å². The Morgan fingerprint density at radius 3 is 0.970 bits per heavy atom. The van der Waals surface area contributed by atoms with Crippen molar-refractivity contribution >= 4 is 87.9 Å². The Hall–Kier alpha value is -10.5. The Bertz CT molecular complexity index is 4010. The lowest BCUT2D eigenvalue weighted by Crippen LogP contribution is -2.63. The number of nitrogens with one attached hydrogen (secondary N) is 3. The van der Waals surface area contributed by atoms with Crippen molar-refractivity contribution in [2.45, 2.75) is 113 Å². The van der Waals surface area contributed by atoms with Gasteiger partial charge in [-0.1, -0.05) is 49.6 Å². The molecule has 534 valence electrons. The maximum atomic E-state index is 13.9. The Labute approximate surface area is 582 Å². The number of aromatic carboxylic acids is 3. The normalized spacial score (nSPS) is 18.4. The molecule has 6 aliphatic rings. The number of nitrogens with two attached hydrogens (primary N) is 3. The summed E-state index contributed by atoms with van der Waals surface area (Å²) in [5, 5.41) is 37.2. The summed E-state index contributed by atoms with van der Waals surface area (Å²) in [5.41, 5.74) is 16.5. The zero-order valence-electron chi connectivity index (χ0n) is 56.1. The number of halogens is 2. The Morgan fingerprint density at radius 2 is 0.663 bits per heavy atom. The van der Waals surface area contributed by atoms with Gasteiger partial charge in [0.15, 0.2) is 0 Å². The molecule has 0 spiro atoms. The number of hydrogen-bond donors (Lipinski definition) is 9. The van der Waals surface area contributed by atoms with Gasteiger partial charge in [0.2, 0.25) is 17.7 Å². The zero-order valence-corrected chi connectivity index (χ0v) is 56.1. The summed E-state index contributed by atoms with van der Waals surface area (Å²) in [6.07, 6.45) is 16.9. The summed E-state index contributed by atoms with van der Waals surface area (Å²) in [7, 11) is 0. The van der Waals surface area contributed by atoms with Gasteiger partial charge in [0.25, 0.3) is 17.7 Å². The van der Waals surface area contributed by atoms with Gasteiger partial charge in [0, 0.05) is 50.4 Å². The number of carbonyl (C=O) groups excluding carboxylic acids is 6. The number of amides is 6. The van der Waals surface area contributed by atoms with Crippen molar-refractivity contribution in [3.63, 3.8) is 0 Å². The molecule has 3 aromatic heterocycles. The van der Waals surface area contributed by atoms with Gasteiger partial charge < -0.3 is 63.2 Å². The van der Waals surface area contributed by atoms with Crippen LogP contribution in [-0.4, -0.2) is 193 Å². The van der Waals surface area contributed by atoms with E-state index in [9.17, 15) is 67.3 Å². The Kier molecular flexibility index (Phi) is 23.7. The number of anilines is 6. The number of hydrogen-bond acceptors (Lipinski definition) is 18. The van der Waals surface area contributed by atoms with Gasteiger partial charge in [0.1, 0.15) is 62.4 Å². The number of carbonyl (C=O) groups is 9. The molecule has 6 aromatic rings. The van der Waals surface area contributed by atoms with Crippen LogP contribution in [0.3, 0.4) is 0 Å². The van der Waals surface area contributed by atoms with Crippen molar-refractivity contribution in [3.05, 3.63) is 161 Å². The van der Waals surface area contributed by atoms with Crippen molar-refractivity contribution in [3.8, 4) is 0 Å². The fraction of sp³-hybridized carbons (Fsp3) is 0.417. The predicted molar refractivity (Wildman–Crippen MR) is 373 cm³/mol.